The summed E-state index contributed by atoms with van der Waals surface area (Å²) in [5, 5.41) is 3.93. The van der Waals surface area contributed by atoms with Gasteiger partial charge < -0.3 is 18.9 Å². The Balaban J connectivity index is 1.61. The van der Waals surface area contributed by atoms with E-state index in [1.807, 2.05) is 17.9 Å². The van der Waals surface area contributed by atoms with Crippen LogP contribution >= 0.6 is 0 Å². The molecule has 2 aromatic rings. The van der Waals surface area contributed by atoms with Crippen LogP contribution in [0.3, 0.4) is 0 Å². The van der Waals surface area contributed by atoms with Gasteiger partial charge in [0.25, 0.3) is 5.91 Å². The van der Waals surface area contributed by atoms with E-state index in [1.54, 1.807) is 18.2 Å². The Morgan fingerprint density at radius 1 is 1.27 bits per heavy atom. The molecule has 1 unspecified atom stereocenters. The molecule has 0 N–H and O–H groups in total. The Labute approximate surface area is 127 Å². The Hall–Kier alpha value is -2.50. The lowest BCUT2D eigenvalue weighted by molar-refractivity contribution is 0.0714. The highest BCUT2D eigenvalue weighted by Gasteiger charge is 2.33. The molecule has 2 aliphatic rings. The van der Waals surface area contributed by atoms with Crippen molar-refractivity contribution in [2.24, 2.45) is 0 Å². The molecule has 1 saturated heterocycles. The van der Waals surface area contributed by atoms with Gasteiger partial charge in [0.15, 0.2) is 17.3 Å². The van der Waals surface area contributed by atoms with Gasteiger partial charge in [0.05, 0.1) is 11.7 Å². The summed E-state index contributed by atoms with van der Waals surface area (Å²) in [6, 6.07) is 7.15. The molecule has 3 heterocycles. The average Bonchev–Trinajstić information content (AvgIpc) is 3.25. The van der Waals surface area contributed by atoms with E-state index in [0.717, 1.165) is 30.8 Å². The van der Waals surface area contributed by atoms with E-state index in [-0.39, 0.29) is 18.7 Å². The van der Waals surface area contributed by atoms with Crippen molar-refractivity contribution in [3.8, 4) is 11.5 Å². The third-order valence-corrected chi connectivity index (χ3v) is 4.11. The van der Waals surface area contributed by atoms with Gasteiger partial charge in [-0.3, -0.25) is 4.79 Å². The lowest BCUT2D eigenvalue weighted by Gasteiger charge is -2.22. The topological polar surface area (TPSA) is 64.8 Å². The van der Waals surface area contributed by atoms with Crippen LogP contribution in [0.2, 0.25) is 0 Å². The van der Waals surface area contributed by atoms with E-state index in [1.165, 1.54) is 0 Å². The number of amides is 1. The maximum absolute atomic E-state index is 12.8. The molecule has 0 bridgehead atoms. The zero-order valence-corrected chi connectivity index (χ0v) is 12.2. The molecule has 114 valence electrons. The minimum absolute atomic E-state index is 0.0187. The SMILES string of the molecule is Cc1cc(C2CCCN2C(=O)c2ccc3c(c2)OCO3)on1. The molecule has 0 saturated carbocycles. The minimum Gasteiger partial charge on any atom is -0.454 e. The average molecular weight is 300 g/mol. The molecule has 22 heavy (non-hydrogen) atoms. The number of ether oxygens (including phenoxy) is 2. The van der Waals surface area contributed by atoms with E-state index >= 15 is 0 Å². The zero-order chi connectivity index (χ0) is 15.1. The van der Waals surface area contributed by atoms with Crippen molar-refractivity contribution in [2.45, 2.75) is 25.8 Å². The van der Waals surface area contributed by atoms with Crippen LogP contribution in [-0.4, -0.2) is 29.3 Å². The fraction of sp³-hybridized carbons (Fsp3) is 0.375. The second kappa shape index (κ2) is 5.05. The number of rotatable bonds is 2. The molecular weight excluding hydrogens is 284 g/mol. The van der Waals surface area contributed by atoms with Crippen LogP contribution in [0.5, 0.6) is 11.5 Å². The fourth-order valence-electron chi connectivity index (χ4n) is 3.04. The van der Waals surface area contributed by atoms with Crippen LogP contribution in [-0.2, 0) is 0 Å². The van der Waals surface area contributed by atoms with Crippen LogP contribution < -0.4 is 9.47 Å². The fourth-order valence-corrected chi connectivity index (χ4v) is 3.04. The number of nitrogens with zero attached hydrogens (tertiary/aromatic N) is 2. The first-order chi connectivity index (χ1) is 10.7. The smallest absolute Gasteiger partial charge is 0.254 e. The molecule has 2 aliphatic heterocycles. The van der Waals surface area contributed by atoms with Gasteiger partial charge in [-0.15, -0.1) is 0 Å². The number of hydrogen-bond donors (Lipinski definition) is 0. The maximum Gasteiger partial charge on any atom is 0.254 e. The molecular formula is C16H16N2O4. The highest BCUT2D eigenvalue weighted by molar-refractivity contribution is 5.95. The highest BCUT2D eigenvalue weighted by atomic mass is 16.7. The molecule has 0 spiro atoms. The van der Waals surface area contributed by atoms with Crippen molar-refractivity contribution in [2.75, 3.05) is 13.3 Å². The first kappa shape index (κ1) is 13.2. The molecule has 6 heteroatoms. The number of aromatic nitrogens is 1. The van der Waals surface area contributed by atoms with E-state index in [0.29, 0.717) is 17.1 Å². The summed E-state index contributed by atoms with van der Waals surface area (Å²) in [7, 11) is 0. The van der Waals surface area contributed by atoms with Crippen molar-refractivity contribution in [1.82, 2.24) is 10.1 Å². The van der Waals surface area contributed by atoms with Gasteiger partial charge in [-0.2, -0.15) is 0 Å². The summed E-state index contributed by atoms with van der Waals surface area (Å²) >= 11 is 0. The summed E-state index contributed by atoms with van der Waals surface area (Å²) in [6.45, 7) is 2.81. The summed E-state index contributed by atoms with van der Waals surface area (Å²) in [5.74, 6) is 2.04. The van der Waals surface area contributed by atoms with Crippen molar-refractivity contribution >= 4 is 5.91 Å². The van der Waals surface area contributed by atoms with E-state index in [9.17, 15) is 4.79 Å². The van der Waals surface area contributed by atoms with Gasteiger partial charge in [-0.25, -0.2) is 0 Å². The number of carbonyl (C=O) groups is 1. The second-order valence-electron chi connectivity index (χ2n) is 5.60. The second-order valence-corrected chi connectivity index (χ2v) is 5.60. The van der Waals surface area contributed by atoms with Crippen LogP contribution in [0.4, 0.5) is 0 Å². The van der Waals surface area contributed by atoms with E-state index < -0.39 is 0 Å². The molecule has 1 atom stereocenters. The first-order valence-electron chi connectivity index (χ1n) is 7.36. The van der Waals surface area contributed by atoms with Gasteiger partial charge in [0.1, 0.15) is 0 Å². The van der Waals surface area contributed by atoms with Crippen molar-refractivity contribution in [3.05, 3.63) is 41.3 Å². The summed E-state index contributed by atoms with van der Waals surface area (Å²) in [4.78, 5) is 14.6. The molecule has 0 aliphatic carbocycles. The number of fused-ring (bicyclic) bond motifs is 1. The number of aryl methyl sites for hydroxylation is 1. The largest absolute Gasteiger partial charge is 0.454 e. The number of carbonyl (C=O) groups excluding carboxylic acids is 1. The Bertz CT molecular complexity index is 725. The molecule has 0 radical (unpaired) electrons. The van der Waals surface area contributed by atoms with Gasteiger partial charge in [-0.05, 0) is 38.0 Å². The van der Waals surface area contributed by atoms with Gasteiger partial charge in [-0.1, -0.05) is 5.16 Å². The molecule has 1 amide bonds. The van der Waals surface area contributed by atoms with Gasteiger partial charge in [0, 0.05) is 18.2 Å². The number of benzene rings is 1. The van der Waals surface area contributed by atoms with Crippen molar-refractivity contribution in [1.29, 1.82) is 0 Å². The Kier molecular flexibility index (Phi) is 3.03. The zero-order valence-electron chi connectivity index (χ0n) is 12.2. The van der Waals surface area contributed by atoms with Crippen LogP contribution in [0.1, 0.15) is 40.7 Å². The summed E-state index contributed by atoms with van der Waals surface area (Å²) in [5.41, 5.74) is 1.43. The monoisotopic (exact) mass is 300 g/mol. The third-order valence-electron chi connectivity index (χ3n) is 4.11. The highest BCUT2D eigenvalue weighted by Crippen LogP contribution is 2.36. The third kappa shape index (κ3) is 2.11. The lowest BCUT2D eigenvalue weighted by atomic mass is 10.1. The van der Waals surface area contributed by atoms with Crippen molar-refractivity contribution in [3.63, 3.8) is 0 Å². The van der Waals surface area contributed by atoms with E-state index in [4.69, 9.17) is 14.0 Å². The quantitative estimate of drug-likeness (QED) is 0.853. The van der Waals surface area contributed by atoms with Gasteiger partial charge >= 0.3 is 0 Å². The van der Waals surface area contributed by atoms with Gasteiger partial charge in [0.2, 0.25) is 6.79 Å². The van der Waals surface area contributed by atoms with E-state index in [2.05, 4.69) is 5.16 Å². The minimum atomic E-state index is -0.0425. The molecule has 1 fully saturated rings. The number of likely N-dealkylation sites (tertiary alicyclic amines) is 1. The summed E-state index contributed by atoms with van der Waals surface area (Å²) < 4.78 is 16.0. The molecule has 4 rings (SSSR count). The van der Waals surface area contributed by atoms with Crippen LogP contribution in [0, 0.1) is 6.92 Å². The predicted octanol–water partition coefficient (Wildman–Crippen LogP) is 2.69. The normalized spacial score (nSPS) is 19.7. The molecule has 6 nitrogen and oxygen atoms in total. The predicted molar refractivity (Wildman–Crippen MR) is 76.8 cm³/mol. The van der Waals surface area contributed by atoms with Crippen LogP contribution in [0.25, 0.3) is 0 Å². The number of hydrogen-bond acceptors (Lipinski definition) is 5. The van der Waals surface area contributed by atoms with Crippen molar-refractivity contribution < 1.29 is 18.8 Å². The lowest BCUT2D eigenvalue weighted by Crippen LogP contribution is -2.30. The Morgan fingerprint density at radius 3 is 2.95 bits per heavy atom. The van der Waals surface area contributed by atoms with Crippen LogP contribution in [0.15, 0.2) is 28.8 Å². The Morgan fingerprint density at radius 2 is 2.14 bits per heavy atom. The molecule has 1 aromatic carbocycles. The molecule has 1 aromatic heterocycles. The first-order valence-corrected chi connectivity index (χ1v) is 7.36. The summed E-state index contributed by atoms with van der Waals surface area (Å²) in [6.07, 6.45) is 1.85. The standard InChI is InChI=1S/C16H16N2O4/c1-10-7-14(22-17-10)12-3-2-6-18(12)16(19)11-4-5-13-15(8-11)21-9-20-13/h4-5,7-8,12H,2-3,6,9H2,1H3. The maximum atomic E-state index is 12.8.